The Balaban J connectivity index is 1.63. The predicted molar refractivity (Wildman–Crippen MR) is 108 cm³/mol. The molecule has 144 valence electrons. The fraction of sp³-hybridized carbons (Fsp3) is 0.0952. The highest BCUT2D eigenvalue weighted by Gasteiger charge is 2.29. The third-order valence-electron chi connectivity index (χ3n) is 3.84. The van der Waals surface area contributed by atoms with Crippen LogP contribution in [-0.4, -0.2) is 6.21 Å². The van der Waals surface area contributed by atoms with Crippen LogP contribution in [-0.2, 0) is 12.8 Å². The Bertz CT molecular complexity index is 939. The summed E-state index contributed by atoms with van der Waals surface area (Å²) in [7, 11) is 0. The number of benzene rings is 3. The van der Waals surface area contributed by atoms with Crippen LogP contribution in [0.5, 0.6) is 5.75 Å². The standard InChI is InChI=1S/C21H16BrF3N2O/c22-18-9-5-15(6-10-18)14-28-20-4-2-1-3-16(20)13-26-27-19-11-7-17(8-12-19)21(23,24)25/h1-13,27H,14H2. The molecule has 0 aliphatic heterocycles. The van der Waals surface area contributed by atoms with E-state index in [-0.39, 0.29) is 0 Å². The molecule has 0 atom stereocenters. The SMILES string of the molecule is FC(F)(F)c1ccc(NN=Cc2ccccc2OCc2ccc(Br)cc2)cc1. The van der Waals surface area contributed by atoms with Gasteiger partial charge in [-0.25, -0.2) is 0 Å². The third-order valence-corrected chi connectivity index (χ3v) is 4.36. The minimum Gasteiger partial charge on any atom is -0.488 e. The molecule has 0 aromatic heterocycles. The summed E-state index contributed by atoms with van der Waals surface area (Å²) in [6, 6.07) is 19.9. The molecule has 0 bridgehead atoms. The smallest absolute Gasteiger partial charge is 0.416 e. The van der Waals surface area contributed by atoms with Crippen LogP contribution in [0.1, 0.15) is 16.7 Å². The zero-order valence-electron chi connectivity index (χ0n) is 14.6. The number of hydrogen-bond acceptors (Lipinski definition) is 3. The summed E-state index contributed by atoms with van der Waals surface area (Å²) in [4.78, 5) is 0. The number of nitrogens with one attached hydrogen (secondary N) is 1. The lowest BCUT2D eigenvalue weighted by Gasteiger charge is -2.09. The van der Waals surface area contributed by atoms with Crippen molar-refractivity contribution < 1.29 is 17.9 Å². The number of anilines is 1. The van der Waals surface area contributed by atoms with E-state index in [2.05, 4.69) is 26.5 Å². The second-order valence-electron chi connectivity index (χ2n) is 5.90. The number of ether oxygens (including phenoxy) is 1. The quantitative estimate of drug-likeness (QED) is 0.345. The van der Waals surface area contributed by atoms with Gasteiger partial charge in [-0.05, 0) is 54.1 Å². The first-order chi connectivity index (χ1) is 13.4. The van der Waals surface area contributed by atoms with Crippen LogP contribution < -0.4 is 10.2 Å². The molecule has 0 aliphatic rings. The van der Waals surface area contributed by atoms with E-state index in [9.17, 15) is 13.2 Å². The van der Waals surface area contributed by atoms with Crippen molar-refractivity contribution in [2.75, 3.05) is 5.43 Å². The monoisotopic (exact) mass is 448 g/mol. The van der Waals surface area contributed by atoms with Crippen molar-refractivity contribution in [1.82, 2.24) is 0 Å². The minimum absolute atomic E-state index is 0.407. The molecule has 7 heteroatoms. The van der Waals surface area contributed by atoms with Crippen molar-refractivity contribution in [3.63, 3.8) is 0 Å². The van der Waals surface area contributed by atoms with Crippen LogP contribution >= 0.6 is 15.9 Å². The molecule has 3 aromatic carbocycles. The summed E-state index contributed by atoms with van der Waals surface area (Å²) < 4.78 is 44.6. The van der Waals surface area contributed by atoms with Crippen molar-refractivity contribution in [1.29, 1.82) is 0 Å². The molecule has 0 unspecified atom stereocenters. The molecule has 0 amide bonds. The number of hydrogen-bond donors (Lipinski definition) is 1. The molecule has 0 radical (unpaired) electrons. The topological polar surface area (TPSA) is 33.6 Å². The predicted octanol–water partition coefficient (Wildman–Crippen LogP) is 6.49. The number of alkyl halides is 3. The van der Waals surface area contributed by atoms with E-state index in [4.69, 9.17) is 4.74 Å². The van der Waals surface area contributed by atoms with Crippen LogP contribution in [0.4, 0.5) is 18.9 Å². The van der Waals surface area contributed by atoms with Crippen molar-refractivity contribution in [2.45, 2.75) is 12.8 Å². The molecule has 0 saturated carbocycles. The van der Waals surface area contributed by atoms with Gasteiger partial charge in [0.2, 0.25) is 0 Å². The van der Waals surface area contributed by atoms with Crippen LogP contribution in [0, 0.1) is 0 Å². The summed E-state index contributed by atoms with van der Waals surface area (Å²) in [6.07, 6.45) is -2.79. The van der Waals surface area contributed by atoms with Crippen LogP contribution in [0.15, 0.2) is 82.4 Å². The van der Waals surface area contributed by atoms with E-state index in [0.29, 0.717) is 18.0 Å². The Morgan fingerprint density at radius 2 is 1.61 bits per heavy atom. The molecule has 3 aromatic rings. The number of hydrazone groups is 1. The van der Waals surface area contributed by atoms with E-state index < -0.39 is 11.7 Å². The van der Waals surface area contributed by atoms with E-state index in [1.165, 1.54) is 12.1 Å². The van der Waals surface area contributed by atoms with Gasteiger partial charge in [-0.15, -0.1) is 0 Å². The van der Waals surface area contributed by atoms with Gasteiger partial charge in [0.15, 0.2) is 0 Å². The molecule has 0 fully saturated rings. The van der Waals surface area contributed by atoms with Crippen molar-refractivity contribution in [3.8, 4) is 5.75 Å². The molecule has 0 spiro atoms. The summed E-state index contributed by atoms with van der Waals surface area (Å²) in [5.74, 6) is 0.656. The third kappa shape index (κ3) is 5.60. The van der Waals surface area contributed by atoms with Gasteiger partial charge in [0.25, 0.3) is 0 Å². The van der Waals surface area contributed by atoms with Gasteiger partial charge in [0.1, 0.15) is 12.4 Å². The van der Waals surface area contributed by atoms with Crippen LogP contribution in [0.25, 0.3) is 0 Å². The zero-order chi connectivity index (χ0) is 20.0. The maximum Gasteiger partial charge on any atom is 0.416 e. The van der Waals surface area contributed by atoms with Crippen molar-refractivity contribution in [2.24, 2.45) is 5.10 Å². The molecular weight excluding hydrogens is 433 g/mol. The molecule has 28 heavy (non-hydrogen) atoms. The minimum atomic E-state index is -4.35. The van der Waals surface area contributed by atoms with Gasteiger partial charge in [0, 0.05) is 10.0 Å². The van der Waals surface area contributed by atoms with E-state index >= 15 is 0 Å². The van der Waals surface area contributed by atoms with E-state index in [1.807, 2.05) is 48.5 Å². The molecule has 3 nitrogen and oxygen atoms in total. The van der Waals surface area contributed by atoms with Gasteiger partial charge in [-0.1, -0.05) is 40.2 Å². The Morgan fingerprint density at radius 3 is 2.29 bits per heavy atom. The summed E-state index contributed by atoms with van der Waals surface area (Å²) in [6.45, 7) is 0.407. The first-order valence-corrected chi connectivity index (χ1v) is 9.14. The van der Waals surface area contributed by atoms with Crippen molar-refractivity contribution in [3.05, 3.63) is 94.0 Å². The first kappa shape index (κ1) is 19.9. The average Bonchev–Trinajstić information content (AvgIpc) is 2.68. The lowest BCUT2D eigenvalue weighted by molar-refractivity contribution is -0.137. The lowest BCUT2D eigenvalue weighted by Crippen LogP contribution is -2.04. The Morgan fingerprint density at radius 1 is 0.929 bits per heavy atom. The molecular formula is C21H16BrF3N2O. The van der Waals surface area contributed by atoms with Crippen LogP contribution in [0.3, 0.4) is 0 Å². The number of nitrogens with zero attached hydrogens (tertiary/aromatic N) is 1. The Kier molecular flexibility index (Phi) is 6.36. The lowest BCUT2D eigenvalue weighted by atomic mass is 10.2. The van der Waals surface area contributed by atoms with E-state index in [1.54, 1.807) is 6.21 Å². The van der Waals surface area contributed by atoms with Gasteiger partial charge in [0.05, 0.1) is 17.5 Å². The second-order valence-corrected chi connectivity index (χ2v) is 6.81. The number of para-hydroxylation sites is 1. The highest BCUT2D eigenvalue weighted by molar-refractivity contribution is 9.10. The molecule has 1 N–H and O–H groups in total. The number of halogens is 4. The molecule has 0 heterocycles. The normalized spacial score (nSPS) is 11.6. The Labute approximate surface area is 169 Å². The second kappa shape index (κ2) is 8.93. The van der Waals surface area contributed by atoms with E-state index in [0.717, 1.165) is 27.7 Å². The molecule has 0 saturated heterocycles. The highest BCUT2D eigenvalue weighted by Crippen LogP contribution is 2.29. The fourth-order valence-corrected chi connectivity index (χ4v) is 2.63. The van der Waals surface area contributed by atoms with Gasteiger partial charge >= 0.3 is 6.18 Å². The maximum absolute atomic E-state index is 12.6. The molecule has 0 aliphatic carbocycles. The molecule has 3 rings (SSSR count). The average molecular weight is 449 g/mol. The first-order valence-electron chi connectivity index (χ1n) is 8.34. The fourth-order valence-electron chi connectivity index (χ4n) is 2.37. The van der Waals surface area contributed by atoms with Gasteiger partial charge in [-0.3, -0.25) is 5.43 Å². The van der Waals surface area contributed by atoms with Crippen LogP contribution in [0.2, 0.25) is 0 Å². The maximum atomic E-state index is 12.6. The summed E-state index contributed by atoms with van der Waals surface area (Å²) in [5.41, 5.74) is 4.25. The Hall–Kier alpha value is -2.80. The zero-order valence-corrected chi connectivity index (χ0v) is 16.2. The number of rotatable bonds is 6. The van der Waals surface area contributed by atoms with Gasteiger partial charge < -0.3 is 4.74 Å². The summed E-state index contributed by atoms with van der Waals surface area (Å²) in [5, 5.41) is 4.09. The summed E-state index contributed by atoms with van der Waals surface area (Å²) >= 11 is 3.39. The highest BCUT2D eigenvalue weighted by atomic mass is 79.9. The van der Waals surface area contributed by atoms with Gasteiger partial charge in [-0.2, -0.15) is 18.3 Å². The largest absolute Gasteiger partial charge is 0.488 e. The van der Waals surface area contributed by atoms with Crippen molar-refractivity contribution >= 4 is 27.8 Å².